The van der Waals surface area contributed by atoms with E-state index in [-0.39, 0.29) is 12.4 Å². The molecule has 0 aromatic heterocycles. The third-order valence-corrected chi connectivity index (χ3v) is 4.86. The molecule has 0 saturated heterocycles. The monoisotopic (exact) mass is 300 g/mol. The molecule has 2 N–H and O–H groups in total. The Balaban J connectivity index is 2.37. The molecule has 0 radical (unpaired) electrons. The van der Waals surface area contributed by atoms with Crippen LogP contribution < -0.4 is 10.5 Å². The van der Waals surface area contributed by atoms with Gasteiger partial charge in [-0.05, 0) is 30.7 Å². The van der Waals surface area contributed by atoms with Gasteiger partial charge in [-0.15, -0.1) is 0 Å². The summed E-state index contributed by atoms with van der Waals surface area (Å²) in [5.41, 5.74) is 6.22. The molecule has 0 bridgehead atoms. The maximum atomic E-state index is 12.0. The molecule has 1 rings (SSSR count). The van der Waals surface area contributed by atoms with E-state index in [1.54, 1.807) is 31.3 Å². The van der Waals surface area contributed by atoms with Gasteiger partial charge in [0, 0.05) is 19.3 Å². The second-order valence-electron chi connectivity index (χ2n) is 4.76. The molecule has 1 aromatic carbocycles. The minimum atomic E-state index is -3.24. The number of unbranched alkanes of at least 4 members (excludes halogenated alkanes) is 2. The van der Waals surface area contributed by atoms with Gasteiger partial charge in [0.25, 0.3) is 0 Å². The number of nitrogens with zero attached hydrogens (tertiary/aromatic N) is 1. The molecule has 0 aliphatic rings. The van der Waals surface area contributed by atoms with E-state index in [0.29, 0.717) is 18.0 Å². The summed E-state index contributed by atoms with van der Waals surface area (Å²) in [7, 11) is -1.62. The fourth-order valence-electron chi connectivity index (χ4n) is 1.71. The van der Waals surface area contributed by atoms with E-state index in [0.717, 1.165) is 19.3 Å². The molecule has 0 heterocycles. The third kappa shape index (κ3) is 5.79. The summed E-state index contributed by atoms with van der Waals surface area (Å²) in [5, 5.41) is 0. The molecular weight excluding hydrogens is 276 g/mol. The first-order valence-corrected chi connectivity index (χ1v) is 8.49. The summed E-state index contributed by atoms with van der Waals surface area (Å²) in [6.07, 6.45) is 3.01. The smallest absolute Gasteiger partial charge is 0.217 e. The standard InChI is InChI=1S/C14H24N2O3S/c1-3-4-5-10-16(2)20(17,18)12-11-19-14-8-6-13(15)7-9-14/h6-9H,3-5,10-12,15H2,1-2H3. The van der Waals surface area contributed by atoms with Gasteiger partial charge in [0.15, 0.2) is 0 Å². The van der Waals surface area contributed by atoms with Crippen molar-refractivity contribution >= 4 is 15.7 Å². The number of hydrogen-bond donors (Lipinski definition) is 1. The molecule has 0 amide bonds. The zero-order valence-corrected chi connectivity index (χ0v) is 13.0. The number of anilines is 1. The Hall–Kier alpha value is -1.27. The van der Waals surface area contributed by atoms with E-state index in [4.69, 9.17) is 10.5 Å². The molecule has 0 unspecified atom stereocenters. The van der Waals surface area contributed by atoms with E-state index in [1.807, 2.05) is 0 Å². The first-order valence-electron chi connectivity index (χ1n) is 6.88. The number of hydrogen-bond acceptors (Lipinski definition) is 4. The zero-order chi connectivity index (χ0) is 15.0. The third-order valence-electron chi connectivity index (χ3n) is 3.04. The predicted molar refractivity (Wildman–Crippen MR) is 82.3 cm³/mol. The molecule has 5 nitrogen and oxygen atoms in total. The van der Waals surface area contributed by atoms with Gasteiger partial charge in [-0.25, -0.2) is 12.7 Å². The Morgan fingerprint density at radius 1 is 1.20 bits per heavy atom. The van der Waals surface area contributed by atoms with Crippen LogP contribution in [-0.4, -0.2) is 38.7 Å². The van der Waals surface area contributed by atoms with Gasteiger partial charge in [0.1, 0.15) is 12.4 Å². The lowest BCUT2D eigenvalue weighted by atomic mass is 10.2. The molecule has 0 spiro atoms. The van der Waals surface area contributed by atoms with Gasteiger partial charge in [-0.1, -0.05) is 19.8 Å². The largest absolute Gasteiger partial charge is 0.492 e. The van der Waals surface area contributed by atoms with Crippen LogP contribution in [0.5, 0.6) is 5.75 Å². The summed E-state index contributed by atoms with van der Waals surface area (Å²) < 4.78 is 30.8. The first-order chi connectivity index (χ1) is 9.45. The molecule has 6 heteroatoms. The lowest BCUT2D eigenvalue weighted by Crippen LogP contribution is -2.32. The molecule has 1 aromatic rings. The van der Waals surface area contributed by atoms with Crippen LogP contribution in [-0.2, 0) is 10.0 Å². The van der Waals surface area contributed by atoms with Crippen LogP contribution in [0.4, 0.5) is 5.69 Å². The highest BCUT2D eigenvalue weighted by Gasteiger charge is 2.17. The highest BCUT2D eigenvalue weighted by Crippen LogP contribution is 2.13. The summed E-state index contributed by atoms with van der Waals surface area (Å²) in [6.45, 7) is 2.80. The topological polar surface area (TPSA) is 72.6 Å². The van der Waals surface area contributed by atoms with Crippen LogP contribution in [0.1, 0.15) is 26.2 Å². The average Bonchev–Trinajstić information content (AvgIpc) is 2.41. The Bertz CT molecular complexity index is 486. The zero-order valence-electron chi connectivity index (χ0n) is 12.2. The van der Waals surface area contributed by atoms with Gasteiger partial charge in [0.2, 0.25) is 10.0 Å². The van der Waals surface area contributed by atoms with Gasteiger partial charge in [-0.3, -0.25) is 0 Å². The fourth-order valence-corrected chi connectivity index (χ4v) is 2.72. The summed E-state index contributed by atoms with van der Waals surface area (Å²) in [5.74, 6) is 0.614. The van der Waals surface area contributed by atoms with Gasteiger partial charge >= 0.3 is 0 Å². The van der Waals surface area contributed by atoms with E-state index >= 15 is 0 Å². The summed E-state index contributed by atoms with van der Waals surface area (Å²) in [6, 6.07) is 6.90. The van der Waals surface area contributed by atoms with Gasteiger partial charge < -0.3 is 10.5 Å². The molecule has 0 aliphatic carbocycles. The average molecular weight is 300 g/mol. The van der Waals surface area contributed by atoms with Crippen molar-refractivity contribution in [3.8, 4) is 5.75 Å². The van der Waals surface area contributed by atoms with Crippen molar-refractivity contribution in [1.82, 2.24) is 4.31 Å². The van der Waals surface area contributed by atoms with Crippen molar-refractivity contribution in [3.05, 3.63) is 24.3 Å². The molecule has 0 fully saturated rings. The SMILES string of the molecule is CCCCCN(C)S(=O)(=O)CCOc1ccc(N)cc1. The van der Waals surface area contributed by atoms with Crippen molar-refractivity contribution in [2.24, 2.45) is 0 Å². The number of nitrogens with two attached hydrogens (primary N) is 1. The van der Waals surface area contributed by atoms with Crippen LogP contribution in [0.3, 0.4) is 0 Å². The van der Waals surface area contributed by atoms with Crippen LogP contribution in [0.2, 0.25) is 0 Å². The number of benzene rings is 1. The molecule has 114 valence electrons. The maximum absolute atomic E-state index is 12.0. The Labute approximate surface area is 121 Å². The van der Waals surface area contributed by atoms with Gasteiger partial charge in [-0.2, -0.15) is 0 Å². The predicted octanol–water partition coefficient (Wildman–Crippen LogP) is 2.10. The highest BCUT2D eigenvalue weighted by atomic mass is 32.2. The minimum Gasteiger partial charge on any atom is -0.492 e. The maximum Gasteiger partial charge on any atom is 0.217 e. The number of ether oxygens (including phenoxy) is 1. The van der Waals surface area contributed by atoms with Crippen molar-refractivity contribution < 1.29 is 13.2 Å². The lowest BCUT2D eigenvalue weighted by molar-refractivity contribution is 0.336. The van der Waals surface area contributed by atoms with Crippen molar-refractivity contribution in [2.45, 2.75) is 26.2 Å². The molecular formula is C14H24N2O3S. The van der Waals surface area contributed by atoms with E-state index in [1.165, 1.54) is 4.31 Å². The Morgan fingerprint density at radius 2 is 1.85 bits per heavy atom. The first kappa shape index (κ1) is 16.8. The molecule has 0 aliphatic heterocycles. The van der Waals surface area contributed by atoms with E-state index in [9.17, 15) is 8.42 Å². The normalized spacial score (nSPS) is 11.8. The molecule has 20 heavy (non-hydrogen) atoms. The Kier molecular flexibility index (Phi) is 6.81. The molecule has 0 saturated carbocycles. The number of rotatable bonds is 9. The minimum absolute atomic E-state index is 0.0139. The fraction of sp³-hybridized carbons (Fsp3) is 0.571. The molecule has 0 atom stereocenters. The Morgan fingerprint density at radius 3 is 2.45 bits per heavy atom. The van der Waals surface area contributed by atoms with Crippen LogP contribution in [0.25, 0.3) is 0 Å². The van der Waals surface area contributed by atoms with Crippen LogP contribution in [0.15, 0.2) is 24.3 Å². The number of sulfonamides is 1. The van der Waals surface area contributed by atoms with E-state index < -0.39 is 10.0 Å². The highest BCUT2D eigenvalue weighted by molar-refractivity contribution is 7.89. The second kappa shape index (κ2) is 8.11. The lowest BCUT2D eigenvalue weighted by Gasteiger charge is -2.17. The second-order valence-corrected chi connectivity index (χ2v) is 6.96. The van der Waals surface area contributed by atoms with Crippen LogP contribution >= 0.6 is 0 Å². The summed E-state index contributed by atoms with van der Waals surface area (Å²) >= 11 is 0. The van der Waals surface area contributed by atoms with Crippen molar-refractivity contribution in [2.75, 3.05) is 31.7 Å². The quantitative estimate of drug-likeness (QED) is 0.560. The number of nitrogen functional groups attached to an aromatic ring is 1. The summed E-state index contributed by atoms with van der Waals surface area (Å²) in [4.78, 5) is 0. The van der Waals surface area contributed by atoms with Crippen molar-refractivity contribution in [1.29, 1.82) is 0 Å². The van der Waals surface area contributed by atoms with E-state index in [2.05, 4.69) is 6.92 Å². The van der Waals surface area contributed by atoms with Gasteiger partial charge in [0.05, 0.1) is 5.75 Å². The van der Waals surface area contributed by atoms with Crippen molar-refractivity contribution in [3.63, 3.8) is 0 Å². The van der Waals surface area contributed by atoms with Crippen LogP contribution in [0, 0.1) is 0 Å².